The molecule has 1 fully saturated rings. The highest BCUT2D eigenvalue weighted by Gasteiger charge is 2.19. The predicted octanol–water partition coefficient (Wildman–Crippen LogP) is -0.718. The second kappa shape index (κ2) is 4.43. The molecule has 1 aliphatic rings. The van der Waals surface area contributed by atoms with Gasteiger partial charge >= 0.3 is 6.03 Å². The lowest BCUT2D eigenvalue weighted by Gasteiger charge is -2.32. The van der Waals surface area contributed by atoms with Crippen molar-refractivity contribution in [1.29, 1.82) is 0 Å². The van der Waals surface area contributed by atoms with Crippen molar-refractivity contribution in [1.82, 2.24) is 15.1 Å². The molecule has 13 heavy (non-hydrogen) atoms. The van der Waals surface area contributed by atoms with Gasteiger partial charge in [0.05, 0.1) is 0 Å². The van der Waals surface area contributed by atoms with Gasteiger partial charge in [0.15, 0.2) is 0 Å². The van der Waals surface area contributed by atoms with Crippen molar-refractivity contribution in [3.8, 4) is 0 Å². The first-order chi connectivity index (χ1) is 6.09. The molecular formula is C8H17N3O2. The van der Waals surface area contributed by atoms with Crippen molar-refractivity contribution in [2.24, 2.45) is 0 Å². The van der Waals surface area contributed by atoms with Gasteiger partial charge in [0.1, 0.15) is 6.23 Å². The van der Waals surface area contributed by atoms with Crippen molar-refractivity contribution >= 4 is 6.03 Å². The largest absolute Gasteiger partial charge is 0.374 e. The third-order valence-electron chi connectivity index (χ3n) is 2.12. The molecule has 0 spiro atoms. The van der Waals surface area contributed by atoms with Crippen LogP contribution in [-0.4, -0.2) is 60.4 Å². The molecule has 2 amide bonds. The molecule has 0 radical (unpaired) electrons. The lowest BCUT2D eigenvalue weighted by molar-refractivity contribution is 0.121. The van der Waals surface area contributed by atoms with Crippen LogP contribution < -0.4 is 5.32 Å². The maximum absolute atomic E-state index is 11.4. The molecule has 0 aromatic rings. The summed E-state index contributed by atoms with van der Waals surface area (Å²) in [4.78, 5) is 15.2. The number of piperazine rings is 1. The van der Waals surface area contributed by atoms with Crippen LogP contribution in [0.25, 0.3) is 0 Å². The minimum atomic E-state index is -0.771. The number of amides is 2. The minimum absolute atomic E-state index is 0.178. The Morgan fingerprint density at radius 2 is 1.92 bits per heavy atom. The van der Waals surface area contributed by atoms with Gasteiger partial charge in [-0.15, -0.1) is 0 Å². The summed E-state index contributed by atoms with van der Waals surface area (Å²) in [5.74, 6) is 0. The number of likely N-dealkylation sites (N-methyl/N-ethyl adjacent to an activating group) is 1. The van der Waals surface area contributed by atoms with Gasteiger partial charge in [-0.2, -0.15) is 0 Å². The first-order valence-electron chi connectivity index (χ1n) is 4.51. The first kappa shape index (κ1) is 10.3. The number of nitrogens with one attached hydrogen (secondary N) is 1. The number of hydrogen-bond acceptors (Lipinski definition) is 3. The average Bonchev–Trinajstić information content (AvgIpc) is 2.04. The highest BCUT2D eigenvalue weighted by atomic mass is 16.3. The number of carbonyl (C=O) groups is 1. The van der Waals surface area contributed by atoms with Gasteiger partial charge in [-0.3, -0.25) is 0 Å². The molecule has 1 saturated heterocycles. The zero-order valence-corrected chi connectivity index (χ0v) is 8.16. The van der Waals surface area contributed by atoms with Gasteiger partial charge in [-0.05, 0) is 14.0 Å². The first-order valence-corrected chi connectivity index (χ1v) is 4.51. The third kappa shape index (κ3) is 3.20. The summed E-state index contributed by atoms with van der Waals surface area (Å²) in [5, 5.41) is 11.4. The van der Waals surface area contributed by atoms with Crippen LogP contribution in [0.3, 0.4) is 0 Å². The fourth-order valence-electron chi connectivity index (χ4n) is 1.28. The van der Waals surface area contributed by atoms with E-state index in [1.807, 2.05) is 7.05 Å². The number of aliphatic hydroxyl groups is 1. The molecule has 0 aliphatic carbocycles. The Kier molecular flexibility index (Phi) is 3.50. The topological polar surface area (TPSA) is 55.8 Å². The van der Waals surface area contributed by atoms with E-state index >= 15 is 0 Å². The molecule has 0 aromatic heterocycles. The molecule has 5 heteroatoms. The lowest BCUT2D eigenvalue weighted by Crippen LogP contribution is -2.52. The Bertz CT molecular complexity index is 176. The Morgan fingerprint density at radius 3 is 2.38 bits per heavy atom. The molecule has 1 unspecified atom stereocenters. The summed E-state index contributed by atoms with van der Waals surface area (Å²) >= 11 is 0. The van der Waals surface area contributed by atoms with E-state index in [0.717, 1.165) is 26.2 Å². The van der Waals surface area contributed by atoms with Crippen LogP contribution in [0.4, 0.5) is 4.79 Å². The molecule has 0 aromatic carbocycles. The normalized spacial score (nSPS) is 21.3. The quantitative estimate of drug-likeness (QED) is 0.533. The second-order valence-electron chi connectivity index (χ2n) is 3.42. The summed E-state index contributed by atoms with van der Waals surface area (Å²) in [6.07, 6.45) is -0.771. The second-order valence-corrected chi connectivity index (χ2v) is 3.42. The molecule has 2 N–H and O–H groups in total. The van der Waals surface area contributed by atoms with E-state index in [-0.39, 0.29) is 6.03 Å². The number of urea groups is 1. The number of rotatable bonds is 1. The molecule has 1 heterocycles. The van der Waals surface area contributed by atoms with Gasteiger partial charge in [0.25, 0.3) is 0 Å². The van der Waals surface area contributed by atoms with Gasteiger partial charge < -0.3 is 20.2 Å². The summed E-state index contributed by atoms with van der Waals surface area (Å²) < 4.78 is 0. The number of aliphatic hydroxyl groups excluding tert-OH is 1. The van der Waals surface area contributed by atoms with Gasteiger partial charge in [-0.1, -0.05) is 0 Å². The summed E-state index contributed by atoms with van der Waals surface area (Å²) in [5.41, 5.74) is 0. The van der Waals surface area contributed by atoms with Crippen LogP contribution >= 0.6 is 0 Å². The summed E-state index contributed by atoms with van der Waals surface area (Å²) in [6.45, 7) is 4.79. The van der Waals surface area contributed by atoms with E-state index in [1.165, 1.54) is 6.92 Å². The Hall–Kier alpha value is -0.810. The molecule has 5 nitrogen and oxygen atoms in total. The third-order valence-corrected chi connectivity index (χ3v) is 2.12. The lowest BCUT2D eigenvalue weighted by atomic mass is 10.3. The molecular weight excluding hydrogens is 170 g/mol. The van der Waals surface area contributed by atoms with Gasteiger partial charge in [-0.25, -0.2) is 4.79 Å². The molecule has 1 aliphatic heterocycles. The maximum atomic E-state index is 11.4. The van der Waals surface area contributed by atoms with E-state index in [9.17, 15) is 4.79 Å². The maximum Gasteiger partial charge on any atom is 0.319 e. The van der Waals surface area contributed by atoms with Crippen molar-refractivity contribution < 1.29 is 9.90 Å². The smallest absolute Gasteiger partial charge is 0.319 e. The highest BCUT2D eigenvalue weighted by molar-refractivity contribution is 5.74. The fraction of sp³-hybridized carbons (Fsp3) is 0.875. The standard InChI is InChI=1S/C8H17N3O2/c1-7(12)9-8(13)11-5-3-10(2)4-6-11/h7,12H,3-6H2,1-2H3,(H,9,13). The SMILES string of the molecule is CC(O)NC(=O)N1CCN(C)CC1. The molecule has 0 saturated carbocycles. The van der Waals surface area contributed by atoms with E-state index in [2.05, 4.69) is 10.2 Å². The molecule has 76 valence electrons. The summed E-state index contributed by atoms with van der Waals surface area (Å²) in [7, 11) is 2.03. The minimum Gasteiger partial charge on any atom is -0.374 e. The van der Waals surface area contributed by atoms with E-state index in [4.69, 9.17) is 5.11 Å². The van der Waals surface area contributed by atoms with Crippen LogP contribution in [0.2, 0.25) is 0 Å². The van der Waals surface area contributed by atoms with E-state index in [0.29, 0.717) is 0 Å². The fourth-order valence-corrected chi connectivity index (χ4v) is 1.28. The Morgan fingerprint density at radius 1 is 1.38 bits per heavy atom. The predicted molar refractivity (Wildman–Crippen MR) is 49.3 cm³/mol. The highest BCUT2D eigenvalue weighted by Crippen LogP contribution is 1.99. The molecule has 1 atom stereocenters. The van der Waals surface area contributed by atoms with Gasteiger partial charge in [0, 0.05) is 26.2 Å². The van der Waals surface area contributed by atoms with Gasteiger partial charge in [0.2, 0.25) is 0 Å². The van der Waals surface area contributed by atoms with E-state index in [1.54, 1.807) is 4.90 Å². The molecule has 0 bridgehead atoms. The van der Waals surface area contributed by atoms with Crippen LogP contribution in [0.1, 0.15) is 6.92 Å². The van der Waals surface area contributed by atoms with Crippen LogP contribution in [0.15, 0.2) is 0 Å². The monoisotopic (exact) mass is 187 g/mol. The number of carbonyl (C=O) groups excluding carboxylic acids is 1. The zero-order chi connectivity index (χ0) is 9.84. The van der Waals surface area contributed by atoms with E-state index < -0.39 is 6.23 Å². The Balaban J connectivity index is 2.31. The average molecular weight is 187 g/mol. The van der Waals surface area contributed by atoms with Crippen molar-refractivity contribution in [2.45, 2.75) is 13.2 Å². The molecule has 1 rings (SSSR count). The number of nitrogens with zero attached hydrogens (tertiary/aromatic N) is 2. The summed E-state index contributed by atoms with van der Waals surface area (Å²) in [6, 6.07) is -0.178. The van der Waals surface area contributed by atoms with Crippen molar-refractivity contribution in [3.63, 3.8) is 0 Å². The van der Waals surface area contributed by atoms with Crippen LogP contribution in [0, 0.1) is 0 Å². The Labute approximate surface area is 78.3 Å². The number of hydrogen-bond donors (Lipinski definition) is 2. The van der Waals surface area contributed by atoms with Crippen LogP contribution in [0.5, 0.6) is 0 Å². The van der Waals surface area contributed by atoms with Crippen LogP contribution in [-0.2, 0) is 0 Å². The van der Waals surface area contributed by atoms with Crippen molar-refractivity contribution in [3.05, 3.63) is 0 Å². The zero-order valence-electron chi connectivity index (χ0n) is 8.16. The van der Waals surface area contributed by atoms with Crippen molar-refractivity contribution in [2.75, 3.05) is 33.2 Å².